The van der Waals surface area contributed by atoms with Gasteiger partial charge in [0.05, 0.1) is 10.5 Å². The van der Waals surface area contributed by atoms with Crippen LogP contribution in [0, 0.1) is 10.1 Å². The molecule has 7 heteroatoms. The molecule has 0 saturated carbocycles. The normalized spacial score (nSPS) is 19.2. The van der Waals surface area contributed by atoms with Gasteiger partial charge in [0.15, 0.2) is 0 Å². The number of likely N-dealkylation sites (N-methyl/N-ethyl adjacent to an activating group) is 1. The summed E-state index contributed by atoms with van der Waals surface area (Å²) >= 11 is 0. The Morgan fingerprint density at radius 3 is 2.90 bits per heavy atom. The SMILES string of the molecule is CN1CCCCC1CNc1cc(C(=O)O)ccc1[N+](=O)[O-]. The van der Waals surface area contributed by atoms with E-state index in [4.69, 9.17) is 5.11 Å². The number of carboxylic acids is 1. The molecule has 1 atom stereocenters. The van der Waals surface area contributed by atoms with Crippen molar-refractivity contribution < 1.29 is 14.8 Å². The van der Waals surface area contributed by atoms with E-state index < -0.39 is 10.9 Å². The first-order valence-corrected chi connectivity index (χ1v) is 6.95. The topological polar surface area (TPSA) is 95.7 Å². The number of aromatic carboxylic acids is 1. The minimum Gasteiger partial charge on any atom is -0.478 e. The van der Waals surface area contributed by atoms with Crippen LogP contribution in [0.15, 0.2) is 18.2 Å². The molecule has 0 aliphatic carbocycles. The maximum Gasteiger partial charge on any atom is 0.335 e. The van der Waals surface area contributed by atoms with E-state index in [-0.39, 0.29) is 16.9 Å². The Balaban J connectivity index is 2.14. The Bertz CT molecular complexity index is 547. The lowest BCUT2D eigenvalue weighted by molar-refractivity contribution is -0.384. The lowest BCUT2D eigenvalue weighted by Crippen LogP contribution is -2.40. The van der Waals surface area contributed by atoms with Crippen molar-refractivity contribution in [1.82, 2.24) is 4.90 Å². The summed E-state index contributed by atoms with van der Waals surface area (Å²) in [6.07, 6.45) is 3.35. The van der Waals surface area contributed by atoms with Crippen molar-refractivity contribution in [1.29, 1.82) is 0 Å². The molecule has 0 amide bonds. The number of nitro groups is 1. The van der Waals surface area contributed by atoms with Crippen LogP contribution in [0.25, 0.3) is 0 Å². The van der Waals surface area contributed by atoms with Gasteiger partial charge in [-0.3, -0.25) is 10.1 Å². The number of hydrogen-bond donors (Lipinski definition) is 2. The monoisotopic (exact) mass is 293 g/mol. The molecule has 0 bridgehead atoms. The number of piperidine rings is 1. The third kappa shape index (κ3) is 3.69. The molecular formula is C14H19N3O4. The molecule has 1 heterocycles. The van der Waals surface area contributed by atoms with Crippen LogP contribution in [-0.2, 0) is 0 Å². The van der Waals surface area contributed by atoms with E-state index in [1.165, 1.54) is 24.6 Å². The first-order valence-electron chi connectivity index (χ1n) is 6.95. The molecule has 1 fully saturated rings. The summed E-state index contributed by atoms with van der Waals surface area (Å²) in [5, 5.41) is 23.1. The van der Waals surface area contributed by atoms with Crippen LogP contribution < -0.4 is 5.32 Å². The number of nitrogens with one attached hydrogen (secondary N) is 1. The van der Waals surface area contributed by atoms with Gasteiger partial charge in [0.2, 0.25) is 0 Å². The van der Waals surface area contributed by atoms with Crippen molar-refractivity contribution in [3.8, 4) is 0 Å². The Kier molecular flexibility index (Phi) is 4.74. The van der Waals surface area contributed by atoms with Gasteiger partial charge in [0, 0.05) is 18.7 Å². The molecule has 21 heavy (non-hydrogen) atoms. The minimum absolute atomic E-state index is 0.0418. The standard InChI is InChI=1S/C14H19N3O4/c1-16-7-3-2-4-11(16)9-15-12-8-10(14(18)19)5-6-13(12)17(20)21/h5-6,8,11,15H,2-4,7,9H2,1H3,(H,18,19). The lowest BCUT2D eigenvalue weighted by Gasteiger charge is -2.32. The number of hydrogen-bond acceptors (Lipinski definition) is 5. The highest BCUT2D eigenvalue weighted by molar-refractivity contribution is 5.90. The average Bonchev–Trinajstić information content (AvgIpc) is 2.46. The predicted molar refractivity (Wildman–Crippen MR) is 78.8 cm³/mol. The van der Waals surface area contributed by atoms with E-state index in [9.17, 15) is 14.9 Å². The number of benzene rings is 1. The first kappa shape index (κ1) is 15.2. The molecule has 1 aromatic carbocycles. The van der Waals surface area contributed by atoms with Gasteiger partial charge in [-0.05, 0) is 38.6 Å². The van der Waals surface area contributed by atoms with Crippen LogP contribution in [0.2, 0.25) is 0 Å². The molecule has 0 spiro atoms. The zero-order chi connectivity index (χ0) is 15.4. The molecule has 1 aliphatic heterocycles. The predicted octanol–water partition coefficient (Wildman–Crippen LogP) is 2.19. The quantitative estimate of drug-likeness (QED) is 0.638. The summed E-state index contributed by atoms with van der Waals surface area (Å²) in [6, 6.07) is 4.12. The second-order valence-electron chi connectivity index (χ2n) is 5.31. The van der Waals surface area contributed by atoms with Gasteiger partial charge >= 0.3 is 5.97 Å². The fourth-order valence-corrected chi connectivity index (χ4v) is 2.60. The molecule has 2 rings (SSSR count). The van der Waals surface area contributed by atoms with Crippen molar-refractivity contribution in [3.63, 3.8) is 0 Å². The van der Waals surface area contributed by atoms with Crippen molar-refractivity contribution >= 4 is 17.3 Å². The zero-order valence-electron chi connectivity index (χ0n) is 11.9. The maximum absolute atomic E-state index is 11.0. The van der Waals surface area contributed by atoms with Gasteiger partial charge in [0.1, 0.15) is 5.69 Å². The molecular weight excluding hydrogens is 274 g/mol. The molecule has 0 aromatic heterocycles. The molecule has 114 valence electrons. The van der Waals surface area contributed by atoms with E-state index in [1.54, 1.807) is 0 Å². The lowest BCUT2D eigenvalue weighted by atomic mass is 10.0. The summed E-state index contributed by atoms with van der Waals surface area (Å²) < 4.78 is 0. The van der Waals surface area contributed by atoms with Gasteiger partial charge in [-0.2, -0.15) is 0 Å². The van der Waals surface area contributed by atoms with E-state index >= 15 is 0 Å². The van der Waals surface area contributed by atoms with Crippen LogP contribution in [0.5, 0.6) is 0 Å². The van der Waals surface area contributed by atoms with Gasteiger partial charge in [-0.15, -0.1) is 0 Å². The molecule has 0 radical (unpaired) electrons. The Morgan fingerprint density at radius 2 is 2.29 bits per heavy atom. The maximum atomic E-state index is 11.0. The van der Waals surface area contributed by atoms with Crippen molar-refractivity contribution in [2.75, 3.05) is 25.5 Å². The second kappa shape index (κ2) is 6.53. The van der Waals surface area contributed by atoms with Gasteiger partial charge in [-0.1, -0.05) is 6.42 Å². The number of rotatable bonds is 5. The summed E-state index contributed by atoms with van der Waals surface area (Å²) in [6.45, 7) is 1.59. The summed E-state index contributed by atoms with van der Waals surface area (Å²) in [4.78, 5) is 23.7. The molecule has 2 N–H and O–H groups in total. The van der Waals surface area contributed by atoms with Gasteiger partial charge < -0.3 is 15.3 Å². The largest absolute Gasteiger partial charge is 0.478 e. The van der Waals surface area contributed by atoms with Crippen LogP contribution in [0.3, 0.4) is 0 Å². The Hall–Kier alpha value is -2.15. The smallest absolute Gasteiger partial charge is 0.335 e. The van der Waals surface area contributed by atoms with Gasteiger partial charge in [0.25, 0.3) is 5.69 Å². The number of nitro benzene ring substituents is 1. The molecule has 1 unspecified atom stereocenters. The van der Waals surface area contributed by atoms with Crippen LogP contribution in [-0.4, -0.2) is 47.1 Å². The van der Waals surface area contributed by atoms with Crippen molar-refractivity contribution in [2.24, 2.45) is 0 Å². The van der Waals surface area contributed by atoms with Gasteiger partial charge in [-0.25, -0.2) is 4.79 Å². The van der Waals surface area contributed by atoms with E-state index in [2.05, 4.69) is 10.2 Å². The van der Waals surface area contributed by atoms with Crippen LogP contribution in [0.1, 0.15) is 29.6 Å². The second-order valence-corrected chi connectivity index (χ2v) is 5.31. The zero-order valence-corrected chi connectivity index (χ0v) is 11.9. The number of carbonyl (C=O) groups is 1. The highest BCUT2D eigenvalue weighted by Crippen LogP contribution is 2.26. The average molecular weight is 293 g/mol. The fraction of sp³-hybridized carbons (Fsp3) is 0.500. The molecule has 1 aromatic rings. The third-order valence-electron chi connectivity index (χ3n) is 3.89. The minimum atomic E-state index is -1.09. The number of nitrogens with zero attached hydrogens (tertiary/aromatic N) is 2. The molecule has 7 nitrogen and oxygen atoms in total. The van der Waals surface area contributed by atoms with E-state index in [1.807, 2.05) is 7.05 Å². The molecule has 1 saturated heterocycles. The van der Waals surface area contributed by atoms with E-state index in [0.29, 0.717) is 12.6 Å². The molecule has 1 aliphatic rings. The summed E-state index contributed by atoms with van der Waals surface area (Å²) in [7, 11) is 2.04. The number of carboxylic acid groups (broad SMARTS) is 1. The highest BCUT2D eigenvalue weighted by atomic mass is 16.6. The Labute approximate surface area is 122 Å². The fourth-order valence-electron chi connectivity index (χ4n) is 2.60. The van der Waals surface area contributed by atoms with Crippen LogP contribution >= 0.6 is 0 Å². The highest BCUT2D eigenvalue weighted by Gasteiger charge is 2.21. The van der Waals surface area contributed by atoms with Crippen molar-refractivity contribution in [3.05, 3.63) is 33.9 Å². The van der Waals surface area contributed by atoms with Crippen LogP contribution in [0.4, 0.5) is 11.4 Å². The first-order chi connectivity index (χ1) is 9.99. The van der Waals surface area contributed by atoms with E-state index in [0.717, 1.165) is 19.4 Å². The third-order valence-corrected chi connectivity index (χ3v) is 3.89. The summed E-state index contributed by atoms with van der Waals surface area (Å²) in [5.74, 6) is -1.09. The Morgan fingerprint density at radius 1 is 1.52 bits per heavy atom. The summed E-state index contributed by atoms with van der Waals surface area (Å²) in [5.41, 5.74) is 0.206. The number of anilines is 1. The van der Waals surface area contributed by atoms with Crippen molar-refractivity contribution in [2.45, 2.75) is 25.3 Å². The number of likely N-dealkylation sites (tertiary alicyclic amines) is 1.